The standard InChI is InChI=1S/C19H22N2O/c1-3-21-14-16(18-6-4-5-7-19(18)21)13-20-12-15-8-10-17(22-2)11-9-15/h4-11,14,20H,3,12-13H2,1-2H3. The molecule has 0 bridgehead atoms. The van der Waals surface area contributed by atoms with E-state index in [1.54, 1.807) is 7.11 Å². The predicted octanol–water partition coefficient (Wildman–Crippen LogP) is 3.96. The molecule has 1 N–H and O–H groups in total. The smallest absolute Gasteiger partial charge is 0.118 e. The third-order valence-electron chi connectivity index (χ3n) is 4.02. The monoisotopic (exact) mass is 294 g/mol. The zero-order valence-electron chi connectivity index (χ0n) is 13.2. The summed E-state index contributed by atoms with van der Waals surface area (Å²) in [5.41, 5.74) is 3.93. The summed E-state index contributed by atoms with van der Waals surface area (Å²) in [6.07, 6.45) is 2.26. The Morgan fingerprint density at radius 2 is 1.77 bits per heavy atom. The molecule has 0 aliphatic rings. The number of ether oxygens (including phenoxy) is 1. The number of aryl methyl sites for hydroxylation is 1. The molecule has 0 saturated heterocycles. The highest BCUT2D eigenvalue weighted by molar-refractivity contribution is 5.83. The summed E-state index contributed by atoms with van der Waals surface area (Å²) < 4.78 is 7.49. The molecule has 0 spiro atoms. The van der Waals surface area contributed by atoms with Gasteiger partial charge in [-0.05, 0) is 36.2 Å². The lowest BCUT2D eigenvalue weighted by Crippen LogP contribution is -2.12. The van der Waals surface area contributed by atoms with E-state index in [4.69, 9.17) is 4.74 Å². The van der Waals surface area contributed by atoms with E-state index in [1.807, 2.05) is 12.1 Å². The first-order chi connectivity index (χ1) is 10.8. The number of hydrogen-bond donors (Lipinski definition) is 1. The van der Waals surface area contributed by atoms with Gasteiger partial charge in [-0.1, -0.05) is 30.3 Å². The van der Waals surface area contributed by atoms with Gasteiger partial charge in [-0.3, -0.25) is 0 Å². The zero-order chi connectivity index (χ0) is 15.4. The van der Waals surface area contributed by atoms with Gasteiger partial charge in [0.1, 0.15) is 5.75 Å². The van der Waals surface area contributed by atoms with Gasteiger partial charge in [-0.15, -0.1) is 0 Å². The van der Waals surface area contributed by atoms with Crippen LogP contribution in [-0.2, 0) is 19.6 Å². The van der Waals surface area contributed by atoms with E-state index < -0.39 is 0 Å². The van der Waals surface area contributed by atoms with Crippen LogP contribution in [0.2, 0.25) is 0 Å². The van der Waals surface area contributed by atoms with Crippen molar-refractivity contribution in [2.45, 2.75) is 26.6 Å². The Kier molecular flexibility index (Phi) is 4.45. The highest BCUT2D eigenvalue weighted by Crippen LogP contribution is 2.21. The Morgan fingerprint density at radius 1 is 1.00 bits per heavy atom. The predicted molar refractivity (Wildman–Crippen MR) is 91.1 cm³/mol. The molecule has 0 amide bonds. The molecule has 0 unspecified atom stereocenters. The third kappa shape index (κ3) is 3.00. The summed E-state index contributed by atoms with van der Waals surface area (Å²) in [6.45, 7) is 4.91. The summed E-state index contributed by atoms with van der Waals surface area (Å²) >= 11 is 0. The summed E-state index contributed by atoms with van der Waals surface area (Å²) in [6, 6.07) is 16.8. The molecule has 22 heavy (non-hydrogen) atoms. The number of rotatable bonds is 6. The van der Waals surface area contributed by atoms with Crippen LogP contribution < -0.4 is 10.1 Å². The van der Waals surface area contributed by atoms with E-state index >= 15 is 0 Å². The fourth-order valence-electron chi connectivity index (χ4n) is 2.81. The highest BCUT2D eigenvalue weighted by Gasteiger charge is 2.06. The van der Waals surface area contributed by atoms with Gasteiger partial charge in [0.15, 0.2) is 0 Å². The SMILES string of the molecule is CCn1cc(CNCc2ccc(OC)cc2)c2ccccc21. The van der Waals surface area contributed by atoms with Crippen LogP contribution in [0.25, 0.3) is 10.9 Å². The fraction of sp³-hybridized carbons (Fsp3) is 0.263. The molecule has 0 radical (unpaired) electrons. The first kappa shape index (κ1) is 14.7. The Hall–Kier alpha value is -2.26. The number of nitrogens with one attached hydrogen (secondary N) is 1. The first-order valence-electron chi connectivity index (χ1n) is 7.72. The van der Waals surface area contributed by atoms with E-state index in [0.29, 0.717) is 0 Å². The normalized spacial score (nSPS) is 11.0. The molecule has 114 valence electrons. The van der Waals surface area contributed by atoms with Gasteiger partial charge in [0.05, 0.1) is 7.11 Å². The lowest BCUT2D eigenvalue weighted by molar-refractivity contribution is 0.414. The topological polar surface area (TPSA) is 26.2 Å². The lowest BCUT2D eigenvalue weighted by Gasteiger charge is -2.05. The van der Waals surface area contributed by atoms with Gasteiger partial charge in [0, 0.05) is 36.7 Å². The molecular weight excluding hydrogens is 272 g/mol. The summed E-state index contributed by atoms with van der Waals surface area (Å²) in [5.74, 6) is 0.898. The molecular formula is C19H22N2O. The number of nitrogens with zero attached hydrogens (tertiary/aromatic N) is 1. The quantitative estimate of drug-likeness (QED) is 0.745. The van der Waals surface area contributed by atoms with Gasteiger partial charge in [0.25, 0.3) is 0 Å². The molecule has 2 aromatic carbocycles. The second kappa shape index (κ2) is 6.67. The van der Waals surface area contributed by atoms with Crippen molar-refractivity contribution in [3.05, 3.63) is 65.9 Å². The van der Waals surface area contributed by atoms with E-state index in [1.165, 1.54) is 22.0 Å². The molecule has 0 aliphatic heterocycles. The van der Waals surface area contributed by atoms with Gasteiger partial charge >= 0.3 is 0 Å². The number of methoxy groups -OCH3 is 1. The van der Waals surface area contributed by atoms with Crippen LogP contribution in [-0.4, -0.2) is 11.7 Å². The van der Waals surface area contributed by atoms with Gasteiger partial charge in [-0.2, -0.15) is 0 Å². The van der Waals surface area contributed by atoms with Crippen LogP contribution in [0.3, 0.4) is 0 Å². The van der Waals surface area contributed by atoms with Crippen molar-refractivity contribution in [3.8, 4) is 5.75 Å². The maximum Gasteiger partial charge on any atom is 0.118 e. The van der Waals surface area contributed by atoms with Gasteiger partial charge in [0.2, 0.25) is 0 Å². The van der Waals surface area contributed by atoms with Crippen molar-refractivity contribution in [3.63, 3.8) is 0 Å². The van der Waals surface area contributed by atoms with Gasteiger partial charge in [-0.25, -0.2) is 0 Å². The van der Waals surface area contributed by atoms with E-state index in [9.17, 15) is 0 Å². The molecule has 0 aliphatic carbocycles. The minimum atomic E-state index is 0.857. The molecule has 0 fully saturated rings. The van der Waals surface area contributed by atoms with Crippen molar-refractivity contribution < 1.29 is 4.74 Å². The van der Waals surface area contributed by atoms with Crippen LogP contribution >= 0.6 is 0 Å². The largest absolute Gasteiger partial charge is 0.497 e. The summed E-state index contributed by atoms with van der Waals surface area (Å²) in [7, 11) is 1.69. The number of fused-ring (bicyclic) bond motifs is 1. The average molecular weight is 294 g/mol. The maximum atomic E-state index is 5.18. The summed E-state index contributed by atoms with van der Waals surface area (Å²) in [4.78, 5) is 0. The van der Waals surface area contributed by atoms with Crippen molar-refractivity contribution in [1.29, 1.82) is 0 Å². The molecule has 3 aromatic rings. The van der Waals surface area contributed by atoms with Crippen LogP contribution in [0.1, 0.15) is 18.1 Å². The van der Waals surface area contributed by atoms with Crippen LogP contribution in [0.5, 0.6) is 5.75 Å². The summed E-state index contributed by atoms with van der Waals surface area (Å²) in [5, 5.41) is 4.87. The molecule has 0 atom stereocenters. The van der Waals surface area contributed by atoms with Crippen LogP contribution in [0.15, 0.2) is 54.7 Å². The maximum absolute atomic E-state index is 5.18. The van der Waals surface area contributed by atoms with Gasteiger partial charge < -0.3 is 14.6 Å². The Morgan fingerprint density at radius 3 is 2.50 bits per heavy atom. The van der Waals surface area contributed by atoms with Crippen molar-refractivity contribution in [2.24, 2.45) is 0 Å². The molecule has 0 saturated carbocycles. The first-order valence-corrected chi connectivity index (χ1v) is 7.72. The number of hydrogen-bond acceptors (Lipinski definition) is 2. The van der Waals surface area contributed by atoms with Crippen LogP contribution in [0.4, 0.5) is 0 Å². The minimum absolute atomic E-state index is 0.857. The van der Waals surface area contributed by atoms with E-state index in [2.05, 4.69) is 59.4 Å². The highest BCUT2D eigenvalue weighted by atomic mass is 16.5. The van der Waals surface area contributed by atoms with Crippen LogP contribution in [0, 0.1) is 0 Å². The van der Waals surface area contributed by atoms with E-state index in [0.717, 1.165) is 25.4 Å². The second-order valence-electron chi connectivity index (χ2n) is 5.41. The zero-order valence-corrected chi connectivity index (χ0v) is 13.2. The molecule has 3 rings (SSSR count). The van der Waals surface area contributed by atoms with Crippen molar-refractivity contribution in [2.75, 3.05) is 7.11 Å². The minimum Gasteiger partial charge on any atom is -0.497 e. The third-order valence-corrected chi connectivity index (χ3v) is 4.02. The Balaban J connectivity index is 1.68. The number of benzene rings is 2. The number of para-hydroxylation sites is 1. The number of aromatic nitrogens is 1. The average Bonchev–Trinajstić information content (AvgIpc) is 2.94. The molecule has 3 nitrogen and oxygen atoms in total. The van der Waals surface area contributed by atoms with E-state index in [-0.39, 0.29) is 0 Å². The van der Waals surface area contributed by atoms with Crippen molar-refractivity contribution >= 4 is 10.9 Å². The Labute approximate surface area is 131 Å². The Bertz CT molecular complexity index is 744. The van der Waals surface area contributed by atoms with Crippen molar-refractivity contribution in [1.82, 2.24) is 9.88 Å². The molecule has 3 heteroatoms. The molecule has 1 aromatic heterocycles. The lowest BCUT2D eigenvalue weighted by atomic mass is 10.1. The molecule has 1 heterocycles. The fourth-order valence-corrected chi connectivity index (χ4v) is 2.81. The second-order valence-corrected chi connectivity index (χ2v) is 5.41.